The molecule has 106 valence electrons. The predicted molar refractivity (Wildman–Crippen MR) is 83.4 cm³/mol. The Morgan fingerprint density at radius 3 is 2.35 bits per heavy atom. The number of hydrogen-bond donors (Lipinski definition) is 0. The standard InChI is InChI=1S/C19H23F/c1-13-3-4-17(9-13)15-5-7-16(8-6-15)18-10-14(2)11-19(20)12-18/h3-8,14,18-19H,9-12H2,1-2H3. The molecule has 0 nitrogen and oxygen atoms in total. The van der Waals surface area contributed by atoms with E-state index in [0.29, 0.717) is 18.3 Å². The molecule has 0 heterocycles. The average Bonchev–Trinajstić information content (AvgIpc) is 2.84. The maximum absolute atomic E-state index is 13.7. The van der Waals surface area contributed by atoms with Crippen molar-refractivity contribution < 1.29 is 4.39 Å². The molecule has 0 saturated heterocycles. The molecule has 0 radical (unpaired) electrons. The molecule has 1 aromatic carbocycles. The third-order valence-electron chi connectivity index (χ3n) is 4.68. The molecule has 1 aromatic rings. The van der Waals surface area contributed by atoms with E-state index in [2.05, 4.69) is 50.3 Å². The van der Waals surface area contributed by atoms with Crippen molar-refractivity contribution >= 4 is 5.57 Å². The molecular formula is C19H23F. The van der Waals surface area contributed by atoms with E-state index < -0.39 is 6.17 Å². The summed E-state index contributed by atoms with van der Waals surface area (Å²) in [6, 6.07) is 8.83. The van der Waals surface area contributed by atoms with Crippen LogP contribution in [-0.4, -0.2) is 6.17 Å². The molecule has 0 spiro atoms. The molecule has 2 aliphatic rings. The predicted octanol–water partition coefficient (Wildman–Crippen LogP) is 5.66. The van der Waals surface area contributed by atoms with Gasteiger partial charge in [0, 0.05) is 0 Å². The van der Waals surface area contributed by atoms with E-state index in [1.165, 1.54) is 22.3 Å². The first-order chi connectivity index (χ1) is 9.61. The molecule has 0 N–H and O–H groups in total. The highest BCUT2D eigenvalue weighted by molar-refractivity contribution is 5.72. The van der Waals surface area contributed by atoms with Gasteiger partial charge in [-0.2, -0.15) is 0 Å². The third kappa shape index (κ3) is 2.87. The second-order valence-electron chi connectivity index (χ2n) is 6.61. The summed E-state index contributed by atoms with van der Waals surface area (Å²) in [7, 11) is 0. The molecular weight excluding hydrogens is 247 g/mol. The van der Waals surface area contributed by atoms with Gasteiger partial charge >= 0.3 is 0 Å². The van der Waals surface area contributed by atoms with Gasteiger partial charge in [0.1, 0.15) is 6.17 Å². The van der Waals surface area contributed by atoms with Crippen LogP contribution in [0, 0.1) is 5.92 Å². The number of halogens is 1. The van der Waals surface area contributed by atoms with Gasteiger partial charge in [-0.1, -0.05) is 48.9 Å². The van der Waals surface area contributed by atoms with Gasteiger partial charge in [-0.25, -0.2) is 4.39 Å². The first kappa shape index (κ1) is 13.6. The molecule has 0 aromatic heterocycles. The van der Waals surface area contributed by atoms with Crippen molar-refractivity contribution in [3.05, 3.63) is 53.1 Å². The molecule has 1 heteroatoms. The Balaban J connectivity index is 1.73. The fourth-order valence-corrected chi connectivity index (χ4v) is 3.62. The molecule has 1 fully saturated rings. The zero-order chi connectivity index (χ0) is 14.1. The van der Waals surface area contributed by atoms with Gasteiger partial charge in [-0.15, -0.1) is 0 Å². The van der Waals surface area contributed by atoms with Crippen LogP contribution >= 0.6 is 0 Å². The van der Waals surface area contributed by atoms with Crippen LogP contribution in [0.5, 0.6) is 0 Å². The van der Waals surface area contributed by atoms with Gasteiger partial charge < -0.3 is 0 Å². The smallest absolute Gasteiger partial charge is 0.101 e. The largest absolute Gasteiger partial charge is 0.247 e. The minimum absolute atomic E-state index is 0.403. The fourth-order valence-electron chi connectivity index (χ4n) is 3.62. The van der Waals surface area contributed by atoms with Crippen molar-refractivity contribution in [2.24, 2.45) is 5.92 Å². The van der Waals surface area contributed by atoms with Crippen LogP contribution in [-0.2, 0) is 0 Å². The van der Waals surface area contributed by atoms with Crippen molar-refractivity contribution in [1.82, 2.24) is 0 Å². The summed E-state index contributed by atoms with van der Waals surface area (Å²) in [5, 5.41) is 0. The van der Waals surface area contributed by atoms with E-state index in [0.717, 1.165) is 19.3 Å². The maximum Gasteiger partial charge on any atom is 0.101 e. The van der Waals surface area contributed by atoms with E-state index in [9.17, 15) is 4.39 Å². The summed E-state index contributed by atoms with van der Waals surface area (Å²) in [5.41, 5.74) is 5.44. The zero-order valence-corrected chi connectivity index (χ0v) is 12.4. The Morgan fingerprint density at radius 2 is 1.75 bits per heavy atom. The van der Waals surface area contributed by atoms with Crippen molar-refractivity contribution in [3.8, 4) is 0 Å². The van der Waals surface area contributed by atoms with Crippen molar-refractivity contribution in [3.63, 3.8) is 0 Å². The highest BCUT2D eigenvalue weighted by Crippen LogP contribution is 2.38. The molecule has 2 aliphatic carbocycles. The van der Waals surface area contributed by atoms with E-state index >= 15 is 0 Å². The summed E-state index contributed by atoms with van der Waals surface area (Å²) in [4.78, 5) is 0. The highest BCUT2D eigenvalue weighted by Gasteiger charge is 2.27. The minimum Gasteiger partial charge on any atom is -0.247 e. The molecule has 3 rings (SSSR count). The van der Waals surface area contributed by atoms with Crippen LogP contribution in [0.25, 0.3) is 5.57 Å². The van der Waals surface area contributed by atoms with Gasteiger partial charge in [0.05, 0.1) is 0 Å². The molecule has 0 bridgehead atoms. The van der Waals surface area contributed by atoms with Gasteiger partial charge in [0.15, 0.2) is 0 Å². The number of alkyl halides is 1. The fraction of sp³-hybridized carbons (Fsp3) is 0.474. The quantitative estimate of drug-likeness (QED) is 0.650. The Labute approximate surface area is 121 Å². The van der Waals surface area contributed by atoms with Crippen LogP contribution in [0.1, 0.15) is 56.6 Å². The Kier molecular flexibility index (Phi) is 3.78. The minimum atomic E-state index is -0.618. The van der Waals surface area contributed by atoms with Crippen LogP contribution < -0.4 is 0 Å². The van der Waals surface area contributed by atoms with Crippen molar-refractivity contribution in [2.75, 3.05) is 0 Å². The third-order valence-corrected chi connectivity index (χ3v) is 4.68. The van der Waals surface area contributed by atoms with Gasteiger partial charge in [-0.05, 0) is 61.1 Å². The monoisotopic (exact) mass is 270 g/mol. The van der Waals surface area contributed by atoms with Crippen LogP contribution in [0.4, 0.5) is 4.39 Å². The lowest BCUT2D eigenvalue weighted by Gasteiger charge is -2.29. The second-order valence-corrected chi connectivity index (χ2v) is 6.61. The number of hydrogen-bond acceptors (Lipinski definition) is 0. The zero-order valence-electron chi connectivity index (χ0n) is 12.4. The molecule has 0 amide bonds. The normalized spacial score (nSPS) is 30.1. The van der Waals surface area contributed by atoms with E-state index in [-0.39, 0.29) is 0 Å². The molecule has 1 saturated carbocycles. The van der Waals surface area contributed by atoms with Crippen LogP contribution in [0.15, 0.2) is 42.0 Å². The lowest BCUT2D eigenvalue weighted by Crippen LogP contribution is -2.20. The molecule has 3 unspecified atom stereocenters. The summed E-state index contributed by atoms with van der Waals surface area (Å²) in [5.74, 6) is 0.910. The Hall–Kier alpha value is -1.37. The SMILES string of the molecule is CC1=CC=C(c2ccc(C3CC(C)CC(F)C3)cc2)C1. The Bertz CT molecular complexity index is 525. The number of benzene rings is 1. The lowest BCUT2D eigenvalue weighted by atomic mass is 9.77. The van der Waals surface area contributed by atoms with E-state index in [1.807, 2.05) is 0 Å². The second kappa shape index (κ2) is 5.55. The van der Waals surface area contributed by atoms with Gasteiger partial charge in [0.25, 0.3) is 0 Å². The van der Waals surface area contributed by atoms with E-state index in [1.54, 1.807) is 0 Å². The first-order valence-corrected chi connectivity index (χ1v) is 7.72. The molecule has 20 heavy (non-hydrogen) atoms. The maximum atomic E-state index is 13.7. The van der Waals surface area contributed by atoms with Gasteiger partial charge in [-0.3, -0.25) is 0 Å². The van der Waals surface area contributed by atoms with Gasteiger partial charge in [0.2, 0.25) is 0 Å². The van der Waals surface area contributed by atoms with Crippen molar-refractivity contribution in [1.29, 1.82) is 0 Å². The lowest BCUT2D eigenvalue weighted by molar-refractivity contribution is 0.188. The summed E-state index contributed by atoms with van der Waals surface area (Å²) >= 11 is 0. The number of allylic oxidation sites excluding steroid dienone is 4. The molecule has 0 aliphatic heterocycles. The summed E-state index contributed by atoms with van der Waals surface area (Å²) < 4.78 is 13.7. The number of rotatable bonds is 2. The first-order valence-electron chi connectivity index (χ1n) is 7.72. The topological polar surface area (TPSA) is 0 Å². The summed E-state index contributed by atoms with van der Waals surface area (Å²) in [6.45, 7) is 4.34. The van der Waals surface area contributed by atoms with Crippen LogP contribution in [0.3, 0.4) is 0 Å². The highest BCUT2D eigenvalue weighted by atomic mass is 19.1. The van der Waals surface area contributed by atoms with Crippen molar-refractivity contribution in [2.45, 2.75) is 51.6 Å². The van der Waals surface area contributed by atoms with E-state index in [4.69, 9.17) is 0 Å². The average molecular weight is 270 g/mol. The summed E-state index contributed by atoms with van der Waals surface area (Å²) in [6.07, 6.45) is 7.42. The Morgan fingerprint density at radius 1 is 1.00 bits per heavy atom. The molecule has 3 atom stereocenters. The van der Waals surface area contributed by atoms with Crippen LogP contribution in [0.2, 0.25) is 0 Å².